The van der Waals surface area contributed by atoms with Crippen LogP contribution in [0.2, 0.25) is 0 Å². The molecule has 0 saturated heterocycles. The zero-order valence-electron chi connectivity index (χ0n) is 15.9. The van der Waals surface area contributed by atoms with Crippen molar-refractivity contribution < 1.29 is 9.18 Å². The van der Waals surface area contributed by atoms with E-state index >= 15 is 0 Å². The first-order valence-electron chi connectivity index (χ1n) is 9.65. The number of fused-ring (bicyclic) bond motifs is 1. The minimum atomic E-state index is -0.770. The molecule has 2 heterocycles. The lowest BCUT2D eigenvalue weighted by molar-refractivity contribution is 0.100. The van der Waals surface area contributed by atoms with Gasteiger partial charge in [0.25, 0.3) is 5.91 Å². The average Bonchev–Trinajstić information content (AvgIpc) is 2.71. The molecule has 0 spiro atoms. The number of hydrogen-bond donors (Lipinski definition) is 4. The van der Waals surface area contributed by atoms with Crippen LogP contribution in [0.15, 0.2) is 42.6 Å². The summed E-state index contributed by atoms with van der Waals surface area (Å²) in [5.74, 6) is -1.19. The molecule has 150 valence electrons. The smallest absolute Gasteiger partial charge is 0.252 e. The van der Waals surface area contributed by atoms with E-state index in [1.165, 1.54) is 0 Å². The van der Waals surface area contributed by atoms with Crippen molar-refractivity contribution in [2.75, 3.05) is 10.6 Å². The van der Waals surface area contributed by atoms with Crippen molar-refractivity contribution in [2.24, 2.45) is 11.5 Å². The van der Waals surface area contributed by atoms with Gasteiger partial charge in [-0.15, -0.1) is 0 Å². The minimum Gasteiger partial charge on any atom is -0.365 e. The quantitative estimate of drug-likeness (QED) is 0.527. The van der Waals surface area contributed by atoms with Crippen molar-refractivity contribution in [3.8, 4) is 0 Å². The number of primary amides is 1. The van der Waals surface area contributed by atoms with Crippen molar-refractivity contribution >= 4 is 34.1 Å². The highest BCUT2D eigenvalue weighted by molar-refractivity contribution is 5.98. The molecule has 0 aliphatic heterocycles. The van der Waals surface area contributed by atoms with Gasteiger partial charge in [-0.1, -0.05) is 31.0 Å². The maximum absolute atomic E-state index is 14.6. The standard InChI is InChI=1S/C21H23FN6O/c22-15-10-14(19(24)29)20(28-21(15)27-18-8-4-2-6-16(18)23)26-13-9-12-5-1-3-7-17(12)25-11-13/h1,3,5,7,9-11,16,18H,2,4,6,8,23H2,(H2,24,29)(H2,26,27,28)/t16-,18+/m1/s1. The molecular weight excluding hydrogens is 371 g/mol. The van der Waals surface area contributed by atoms with Crippen LogP contribution in [0.5, 0.6) is 0 Å². The molecule has 2 atom stereocenters. The number of halogens is 1. The topological polar surface area (TPSA) is 119 Å². The number of rotatable bonds is 5. The number of nitrogens with two attached hydrogens (primary N) is 2. The van der Waals surface area contributed by atoms with Gasteiger partial charge in [0.15, 0.2) is 11.6 Å². The van der Waals surface area contributed by atoms with Crippen LogP contribution in [-0.4, -0.2) is 28.0 Å². The number of nitrogens with zero attached hydrogens (tertiary/aromatic N) is 2. The molecule has 1 amide bonds. The van der Waals surface area contributed by atoms with E-state index in [4.69, 9.17) is 11.5 Å². The summed E-state index contributed by atoms with van der Waals surface area (Å²) in [7, 11) is 0. The second-order valence-corrected chi connectivity index (χ2v) is 7.32. The fraction of sp³-hybridized carbons (Fsp3) is 0.286. The third-order valence-electron chi connectivity index (χ3n) is 5.24. The van der Waals surface area contributed by atoms with Crippen LogP contribution >= 0.6 is 0 Å². The van der Waals surface area contributed by atoms with Crippen LogP contribution in [0, 0.1) is 5.82 Å². The van der Waals surface area contributed by atoms with Gasteiger partial charge in [-0.2, -0.15) is 0 Å². The van der Waals surface area contributed by atoms with Crippen molar-refractivity contribution in [2.45, 2.75) is 37.8 Å². The third-order valence-corrected chi connectivity index (χ3v) is 5.24. The highest BCUT2D eigenvalue weighted by atomic mass is 19.1. The van der Waals surface area contributed by atoms with E-state index in [9.17, 15) is 9.18 Å². The minimum absolute atomic E-state index is 0.0332. The Balaban J connectivity index is 1.67. The summed E-state index contributed by atoms with van der Waals surface area (Å²) >= 11 is 0. The second-order valence-electron chi connectivity index (χ2n) is 7.32. The monoisotopic (exact) mass is 394 g/mol. The largest absolute Gasteiger partial charge is 0.365 e. The van der Waals surface area contributed by atoms with Gasteiger partial charge in [-0.3, -0.25) is 9.78 Å². The maximum Gasteiger partial charge on any atom is 0.252 e. The molecule has 1 aliphatic carbocycles. The van der Waals surface area contributed by atoms with Crippen molar-refractivity contribution in [3.63, 3.8) is 0 Å². The summed E-state index contributed by atoms with van der Waals surface area (Å²) in [6.07, 6.45) is 5.45. The highest BCUT2D eigenvalue weighted by Crippen LogP contribution is 2.27. The van der Waals surface area contributed by atoms with Gasteiger partial charge in [-0.25, -0.2) is 9.37 Å². The Labute approximate surface area is 167 Å². The van der Waals surface area contributed by atoms with Gasteiger partial charge >= 0.3 is 0 Å². The molecule has 0 bridgehead atoms. The molecule has 1 saturated carbocycles. The Morgan fingerprint density at radius 3 is 2.72 bits per heavy atom. The molecule has 3 aromatic rings. The van der Waals surface area contributed by atoms with Crippen molar-refractivity contribution in [1.29, 1.82) is 0 Å². The van der Waals surface area contributed by atoms with Gasteiger partial charge in [0, 0.05) is 17.5 Å². The summed E-state index contributed by atoms with van der Waals surface area (Å²) < 4.78 is 14.6. The van der Waals surface area contributed by atoms with Gasteiger partial charge in [0.1, 0.15) is 5.82 Å². The molecule has 6 N–H and O–H groups in total. The molecule has 29 heavy (non-hydrogen) atoms. The summed E-state index contributed by atoms with van der Waals surface area (Å²) in [5, 5.41) is 7.07. The van der Waals surface area contributed by atoms with E-state index in [1.807, 2.05) is 30.3 Å². The zero-order chi connectivity index (χ0) is 20.4. The first-order valence-corrected chi connectivity index (χ1v) is 9.65. The van der Waals surface area contributed by atoms with Gasteiger partial charge in [0.2, 0.25) is 0 Å². The number of hydrogen-bond acceptors (Lipinski definition) is 6. The number of benzene rings is 1. The SMILES string of the molecule is NC(=O)c1cc(F)c(N[C@H]2CCCC[C@H]2N)nc1Nc1cnc2ccccc2c1. The summed E-state index contributed by atoms with van der Waals surface area (Å²) in [6.45, 7) is 0. The molecule has 2 aromatic heterocycles. The first kappa shape index (κ1) is 19.1. The Hall–Kier alpha value is -3.26. The fourth-order valence-corrected chi connectivity index (χ4v) is 3.66. The van der Waals surface area contributed by atoms with E-state index in [0.29, 0.717) is 5.69 Å². The summed E-state index contributed by atoms with van der Waals surface area (Å²) in [5.41, 5.74) is 13.0. The van der Waals surface area contributed by atoms with E-state index in [-0.39, 0.29) is 29.3 Å². The molecular formula is C21H23FN6O. The molecule has 1 fully saturated rings. The van der Waals surface area contributed by atoms with E-state index < -0.39 is 11.7 Å². The normalized spacial score (nSPS) is 19.1. The number of nitrogens with one attached hydrogen (secondary N) is 2. The third kappa shape index (κ3) is 4.12. The molecule has 0 unspecified atom stereocenters. The molecule has 7 nitrogen and oxygen atoms in total. The first-order chi connectivity index (χ1) is 14.0. The van der Waals surface area contributed by atoms with Crippen LogP contribution in [0.1, 0.15) is 36.0 Å². The lowest BCUT2D eigenvalue weighted by Crippen LogP contribution is -2.43. The number of carbonyl (C=O) groups is 1. The Morgan fingerprint density at radius 2 is 1.93 bits per heavy atom. The zero-order valence-corrected chi connectivity index (χ0v) is 15.9. The molecule has 8 heteroatoms. The van der Waals surface area contributed by atoms with Crippen LogP contribution in [0.3, 0.4) is 0 Å². The Kier molecular flexibility index (Phi) is 5.26. The maximum atomic E-state index is 14.6. The average molecular weight is 394 g/mol. The van der Waals surface area contributed by atoms with Gasteiger partial charge in [0.05, 0.1) is 23.0 Å². The number of amides is 1. The lowest BCUT2D eigenvalue weighted by Gasteiger charge is -2.30. The second kappa shape index (κ2) is 8.00. The Bertz CT molecular complexity index is 1060. The molecule has 0 radical (unpaired) electrons. The predicted octanol–water partition coefficient (Wildman–Crippen LogP) is 3.29. The van der Waals surface area contributed by atoms with Crippen LogP contribution in [-0.2, 0) is 0 Å². The lowest BCUT2D eigenvalue weighted by atomic mass is 9.91. The van der Waals surface area contributed by atoms with E-state index in [2.05, 4.69) is 20.6 Å². The predicted molar refractivity (Wildman–Crippen MR) is 112 cm³/mol. The number of carbonyl (C=O) groups excluding carboxylic acids is 1. The van der Waals surface area contributed by atoms with E-state index in [0.717, 1.165) is 42.7 Å². The van der Waals surface area contributed by atoms with Crippen LogP contribution in [0.25, 0.3) is 10.9 Å². The Morgan fingerprint density at radius 1 is 1.14 bits per heavy atom. The number of para-hydroxylation sites is 1. The van der Waals surface area contributed by atoms with Gasteiger partial charge in [-0.05, 0) is 31.0 Å². The van der Waals surface area contributed by atoms with Crippen molar-refractivity contribution in [1.82, 2.24) is 9.97 Å². The number of aromatic nitrogens is 2. The fourth-order valence-electron chi connectivity index (χ4n) is 3.66. The van der Waals surface area contributed by atoms with Crippen molar-refractivity contribution in [3.05, 3.63) is 54.0 Å². The molecule has 1 aliphatic rings. The van der Waals surface area contributed by atoms with Crippen LogP contribution in [0.4, 0.5) is 21.7 Å². The molecule has 4 rings (SSSR count). The van der Waals surface area contributed by atoms with Crippen LogP contribution < -0.4 is 22.1 Å². The summed E-state index contributed by atoms with van der Waals surface area (Å²) in [4.78, 5) is 20.5. The van der Waals surface area contributed by atoms with E-state index in [1.54, 1.807) is 6.20 Å². The van der Waals surface area contributed by atoms with Gasteiger partial charge < -0.3 is 22.1 Å². The summed E-state index contributed by atoms with van der Waals surface area (Å²) in [6, 6.07) is 10.5. The number of anilines is 3. The molecule has 1 aromatic carbocycles. The number of pyridine rings is 2. The highest BCUT2D eigenvalue weighted by Gasteiger charge is 2.24.